The Labute approximate surface area is 136 Å². The number of hydrogen-bond acceptors (Lipinski definition) is 7. The Morgan fingerprint density at radius 3 is 2.54 bits per heavy atom. The van der Waals surface area contributed by atoms with Gasteiger partial charge in [-0.1, -0.05) is 0 Å². The summed E-state index contributed by atoms with van der Waals surface area (Å²) in [5.74, 6) is -0.965. The molecular weight excluding hydrogens is 318 g/mol. The van der Waals surface area contributed by atoms with Crippen molar-refractivity contribution < 1.29 is 24.7 Å². The molecule has 0 radical (unpaired) electrons. The van der Waals surface area contributed by atoms with Gasteiger partial charge in [-0.25, -0.2) is 5.43 Å². The van der Waals surface area contributed by atoms with Gasteiger partial charge in [0.1, 0.15) is 5.75 Å². The van der Waals surface area contributed by atoms with Gasteiger partial charge in [-0.05, 0) is 24.3 Å². The van der Waals surface area contributed by atoms with Gasteiger partial charge in [-0.2, -0.15) is 5.10 Å². The molecule has 2 aromatic carbocycles. The number of methoxy groups -OCH3 is 1. The highest BCUT2D eigenvalue weighted by atomic mass is 16.6. The lowest BCUT2D eigenvalue weighted by atomic mass is 10.1. The number of phenolic OH excluding ortho intramolecular Hbond substituents is 2. The number of aromatic hydroxyl groups is 2. The largest absolute Gasteiger partial charge is 0.508 e. The van der Waals surface area contributed by atoms with Crippen molar-refractivity contribution in [2.24, 2.45) is 5.10 Å². The fraction of sp³-hybridized carbons (Fsp3) is 0.0667. The molecule has 0 saturated heterocycles. The zero-order chi connectivity index (χ0) is 17.7. The smallest absolute Gasteiger partial charge is 0.274 e. The minimum Gasteiger partial charge on any atom is -0.508 e. The molecule has 0 aliphatic rings. The van der Waals surface area contributed by atoms with Crippen molar-refractivity contribution >= 4 is 17.8 Å². The molecule has 0 bridgehead atoms. The number of carbonyl (C=O) groups excluding carboxylic acids is 1. The van der Waals surface area contributed by atoms with E-state index in [1.807, 2.05) is 0 Å². The first kappa shape index (κ1) is 16.7. The summed E-state index contributed by atoms with van der Waals surface area (Å²) in [6, 6.07) is 7.64. The fourth-order valence-corrected chi connectivity index (χ4v) is 1.81. The average molecular weight is 331 g/mol. The van der Waals surface area contributed by atoms with E-state index in [-0.39, 0.29) is 34.1 Å². The van der Waals surface area contributed by atoms with Gasteiger partial charge in [0, 0.05) is 17.2 Å². The third kappa shape index (κ3) is 3.77. The predicted octanol–water partition coefficient (Wildman–Crippen LogP) is 1.78. The molecule has 124 valence electrons. The summed E-state index contributed by atoms with van der Waals surface area (Å²) < 4.78 is 4.86. The van der Waals surface area contributed by atoms with E-state index in [2.05, 4.69) is 10.5 Å². The fourth-order valence-electron chi connectivity index (χ4n) is 1.81. The van der Waals surface area contributed by atoms with Gasteiger partial charge in [0.05, 0.1) is 24.3 Å². The molecule has 9 nitrogen and oxygen atoms in total. The Balaban J connectivity index is 2.19. The van der Waals surface area contributed by atoms with E-state index >= 15 is 0 Å². The molecule has 0 unspecified atom stereocenters. The van der Waals surface area contributed by atoms with Gasteiger partial charge in [0.15, 0.2) is 11.5 Å². The van der Waals surface area contributed by atoms with E-state index in [9.17, 15) is 20.0 Å². The van der Waals surface area contributed by atoms with Crippen molar-refractivity contribution in [3.63, 3.8) is 0 Å². The third-order valence-corrected chi connectivity index (χ3v) is 3.02. The number of nitro benzene ring substituents is 1. The van der Waals surface area contributed by atoms with Crippen LogP contribution >= 0.6 is 0 Å². The van der Waals surface area contributed by atoms with E-state index in [1.165, 1.54) is 31.4 Å². The molecule has 2 rings (SSSR count). The summed E-state index contributed by atoms with van der Waals surface area (Å²) in [7, 11) is 1.26. The van der Waals surface area contributed by atoms with Crippen molar-refractivity contribution in [1.82, 2.24) is 5.43 Å². The van der Waals surface area contributed by atoms with Crippen LogP contribution in [0.2, 0.25) is 0 Å². The molecule has 24 heavy (non-hydrogen) atoms. The highest BCUT2D eigenvalue weighted by Gasteiger charge is 2.15. The highest BCUT2D eigenvalue weighted by molar-refractivity contribution is 5.95. The Morgan fingerprint density at radius 1 is 1.29 bits per heavy atom. The second-order valence-corrected chi connectivity index (χ2v) is 4.59. The number of benzene rings is 2. The number of phenols is 2. The molecule has 1 amide bonds. The lowest BCUT2D eigenvalue weighted by Gasteiger charge is -2.06. The number of hydrogen-bond donors (Lipinski definition) is 3. The first-order valence-corrected chi connectivity index (χ1v) is 6.60. The Bertz CT molecular complexity index is 802. The number of nitrogens with one attached hydrogen (secondary N) is 1. The Kier molecular flexibility index (Phi) is 4.95. The van der Waals surface area contributed by atoms with Crippen LogP contribution in [0.1, 0.15) is 15.9 Å². The van der Waals surface area contributed by atoms with Crippen LogP contribution in [-0.4, -0.2) is 34.4 Å². The number of rotatable bonds is 5. The van der Waals surface area contributed by atoms with Crippen molar-refractivity contribution in [1.29, 1.82) is 0 Å². The van der Waals surface area contributed by atoms with Crippen LogP contribution in [-0.2, 0) is 0 Å². The zero-order valence-corrected chi connectivity index (χ0v) is 12.5. The Hall–Kier alpha value is -3.62. The number of amides is 1. The van der Waals surface area contributed by atoms with Gasteiger partial charge < -0.3 is 14.9 Å². The molecule has 0 heterocycles. The molecule has 0 aliphatic carbocycles. The van der Waals surface area contributed by atoms with E-state index in [0.717, 1.165) is 18.3 Å². The van der Waals surface area contributed by atoms with E-state index in [4.69, 9.17) is 9.84 Å². The summed E-state index contributed by atoms with van der Waals surface area (Å²) in [6.45, 7) is 0. The molecule has 0 aliphatic heterocycles. The van der Waals surface area contributed by atoms with Gasteiger partial charge in [0.25, 0.3) is 11.6 Å². The maximum Gasteiger partial charge on any atom is 0.274 e. The van der Waals surface area contributed by atoms with Gasteiger partial charge in [-0.15, -0.1) is 0 Å². The molecule has 3 N–H and O–H groups in total. The quantitative estimate of drug-likeness (QED) is 0.434. The van der Waals surface area contributed by atoms with E-state index < -0.39 is 10.8 Å². The first-order chi connectivity index (χ1) is 11.4. The topological polar surface area (TPSA) is 134 Å². The molecule has 0 spiro atoms. The van der Waals surface area contributed by atoms with Crippen molar-refractivity contribution in [3.8, 4) is 17.2 Å². The molecule has 2 aromatic rings. The summed E-state index contributed by atoms with van der Waals surface area (Å²) in [5, 5.41) is 33.6. The van der Waals surface area contributed by atoms with Crippen LogP contribution in [0.4, 0.5) is 5.69 Å². The molecular formula is C15H13N3O6. The summed E-state index contributed by atoms with van der Waals surface area (Å²) in [4.78, 5) is 22.0. The second kappa shape index (κ2) is 7.09. The molecule has 0 saturated carbocycles. The minimum absolute atomic E-state index is 0.00653. The second-order valence-electron chi connectivity index (χ2n) is 4.59. The maximum absolute atomic E-state index is 11.8. The van der Waals surface area contributed by atoms with Gasteiger partial charge >= 0.3 is 0 Å². The SMILES string of the molecule is COc1cc([N+](=O)[O-])cc(/C=N/NC(=O)c2ccc(O)cc2)c1O. The Morgan fingerprint density at radius 2 is 1.96 bits per heavy atom. The minimum atomic E-state index is -0.645. The van der Waals surface area contributed by atoms with Crippen LogP contribution in [0, 0.1) is 10.1 Å². The van der Waals surface area contributed by atoms with Crippen LogP contribution in [0.15, 0.2) is 41.5 Å². The zero-order valence-electron chi connectivity index (χ0n) is 12.5. The van der Waals surface area contributed by atoms with Crippen LogP contribution in [0.5, 0.6) is 17.2 Å². The number of non-ortho nitro benzene ring substituents is 1. The third-order valence-electron chi connectivity index (χ3n) is 3.02. The number of ether oxygens (including phenoxy) is 1. The standard InChI is InChI=1S/C15H13N3O6/c1-24-13-7-11(18(22)23)6-10(14(13)20)8-16-17-15(21)9-2-4-12(19)5-3-9/h2-8,19-20H,1H3,(H,17,21)/b16-8+. The van der Waals surface area contributed by atoms with Crippen molar-refractivity contribution in [2.75, 3.05) is 7.11 Å². The maximum atomic E-state index is 11.8. The number of hydrazone groups is 1. The lowest BCUT2D eigenvalue weighted by Crippen LogP contribution is -2.17. The van der Waals surface area contributed by atoms with Gasteiger partial charge in [0.2, 0.25) is 0 Å². The average Bonchev–Trinajstić information content (AvgIpc) is 2.56. The molecule has 0 atom stereocenters. The number of nitro groups is 1. The summed E-state index contributed by atoms with van der Waals surface area (Å²) >= 11 is 0. The van der Waals surface area contributed by atoms with Crippen LogP contribution in [0.3, 0.4) is 0 Å². The number of carbonyl (C=O) groups is 1. The van der Waals surface area contributed by atoms with E-state index in [1.54, 1.807) is 0 Å². The van der Waals surface area contributed by atoms with E-state index in [0.29, 0.717) is 0 Å². The lowest BCUT2D eigenvalue weighted by molar-refractivity contribution is -0.385. The van der Waals surface area contributed by atoms with Crippen LogP contribution < -0.4 is 10.2 Å². The highest BCUT2D eigenvalue weighted by Crippen LogP contribution is 2.33. The molecule has 0 fully saturated rings. The predicted molar refractivity (Wildman–Crippen MR) is 84.5 cm³/mol. The van der Waals surface area contributed by atoms with Crippen molar-refractivity contribution in [2.45, 2.75) is 0 Å². The van der Waals surface area contributed by atoms with Crippen LogP contribution in [0.25, 0.3) is 0 Å². The summed E-state index contributed by atoms with van der Waals surface area (Å²) in [5.41, 5.74) is 2.17. The molecule has 0 aromatic heterocycles. The van der Waals surface area contributed by atoms with Gasteiger partial charge in [-0.3, -0.25) is 14.9 Å². The summed E-state index contributed by atoms with van der Waals surface area (Å²) in [6.07, 6.45) is 1.06. The van der Waals surface area contributed by atoms with Crippen molar-refractivity contribution in [3.05, 3.63) is 57.6 Å². The molecule has 9 heteroatoms. The number of nitrogens with zero attached hydrogens (tertiary/aromatic N) is 2. The monoisotopic (exact) mass is 331 g/mol. The first-order valence-electron chi connectivity index (χ1n) is 6.60. The normalized spacial score (nSPS) is 10.5.